The number of nitrogens with zero attached hydrogens (tertiary/aromatic N) is 1. The van der Waals surface area contributed by atoms with E-state index < -0.39 is 5.97 Å². The van der Waals surface area contributed by atoms with Crippen molar-refractivity contribution in [1.29, 1.82) is 0 Å². The maximum Gasteiger partial charge on any atom is 0.338 e. The van der Waals surface area contributed by atoms with Gasteiger partial charge in [-0.05, 0) is 25.3 Å². The highest BCUT2D eigenvalue weighted by Crippen LogP contribution is 2.23. The lowest BCUT2D eigenvalue weighted by Crippen LogP contribution is -2.37. The smallest absolute Gasteiger partial charge is 0.338 e. The highest BCUT2D eigenvalue weighted by atomic mass is 32.1. The predicted molar refractivity (Wildman–Crippen MR) is 74.0 cm³/mol. The zero-order chi connectivity index (χ0) is 14.3. The van der Waals surface area contributed by atoms with Crippen LogP contribution in [0.5, 0.6) is 0 Å². The first-order chi connectivity index (χ1) is 9.10. The molecule has 19 heavy (non-hydrogen) atoms. The van der Waals surface area contributed by atoms with Crippen molar-refractivity contribution in [1.82, 2.24) is 4.90 Å². The molecule has 0 radical (unpaired) electrons. The zero-order valence-electron chi connectivity index (χ0n) is 11.0. The minimum absolute atomic E-state index is 0.110. The molecule has 1 heterocycles. The minimum atomic E-state index is -1.05. The predicted octanol–water partition coefficient (Wildman–Crippen LogP) is 2.34. The molecule has 0 bridgehead atoms. The van der Waals surface area contributed by atoms with Gasteiger partial charge in [-0.2, -0.15) is 0 Å². The number of amides is 2. The Kier molecular flexibility index (Phi) is 6.31. The molecule has 0 saturated carbocycles. The zero-order valence-corrected chi connectivity index (χ0v) is 11.8. The van der Waals surface area contributed by atoms with E-state index in [1.807, 2.05) is 13.8 Å². The van der Waals surface area contributed by atoms with Crippen molar-refractivity contribution in [2.45, 2.75) is 13.8 Å². The van der Waals surface area contributed by atoms with Crippen LogP contribution in [0.1, 0.15) is 24.2 Å². The summed E-state index contributed by atoms with van der Waals surface area (Å²) < 4.78 is 5.20. The van der Waals surface area contributed by atoms with Crippen molar-refractivity contribution in [3.8, 4) is 0 Å². The number of likely N-dealkylation sites (N-methyl/N-ethyl adjacent to an activating group) is 1. The van der Waals surface area contributed by atoms with Gasteiger partial charge in [0.25, 0.3) is 0 Å². The van der Waals surface area contributed by atoms with Crippen molar-refractivity contribution in [2.24, 2.45) is 0 Å². The summed E-state index contributed by atoms with van der Waals surface area (Å²) in [5, 5.41) is 13.6. The highest BCUT2D eigenvalue weighted by molar-refractivity contribution is 7.14. The molecule has 2 N–H and O–H groups in total. The molecule has 0 unspecified atom stereocenters. The normalized spacial score (nSPS) is 10.2. The van der Waals surface area contributed by atoms with Gasteiger partial charge in [0.1, 0.15) is 5.00 Å². The molecule has 6 nitrogen and oxygen atoms in total. The van der Waals surface area contributed by atoms with E-state index in [9.17, 15) is 9.59 Å². The number of hydrogen-bond donors (Lipinski definition) is 2. The standard InChI is InChI=1S/C12H18N2O4S/c1-3-14(6-7-18-4-2)12(17)13-10-9(11(15)16)5-8-19-10/h5,8H,3-4,6-7H2,1-2H3,(H,13,17)(H,15,16). The number of carboxylic acids is 1. The van der Waals surface area contributed by atoms with Crippen LogP contribution in [0, 0.1) is 0 Å². The number of urea groups is 1. The van der Waals surface area contributed by atoms with Crippen LogP contribution in [-0.4, -0.2) is 48.3 Å². The molecule has 2 amide bonds. The molecule has 0 saturated heterocycles. The molecule has 0 fully saturated rings. The van der Waals surface area contributed by atoms with E-state index in [4.69, 9.17) is 9.84 Å². The van der Waals surface area contributed by atoms with E-state index in [2.05, 4.69) is 5.32 Å². The molecule has 0 aromatic carbocycles. The summed E-state index contributed by atoms with van der Waals surface area (Å²) in [5.41, 5.74) is 0.110. The number of carbonyl (C=O) groups is 2. The van der Waals surface area contributed by atoms with Crippen molar-refractivity contribution in [3.05, 3.63) is 17.0 Å². The van der Waals surface area contributed by atoms with E-state index in [1.165, 1.54) is 17.4 Å². The van der Waals surface area contributed by atoms with Crippen LogP contribution >= 0.6 is 11.3 Å². The lowest BCUT2D eigenvalue weighted by Gasteiger charge is -2.20. The quantitative estimate of drug-likeness (QED) is 0.754. The first-order valence-corrected chi connectivity index (χ1v) is 6.92. The monoisotopic (exact) mass is 286 g/mol. The number of nitrogens with one attached hydrogen (secondary N) is 1. The van der Waals surface area contributed by atoms with Gasteiger partial charge >= 0.3 is 12.0 Å². The first-order valence-electron chi connectivity index (χ1n) is 6.04. The van der Waals surface area contributed by atoms with Crippen molar-refractivity contribution in [3.63, 3.8) is 0 Å². The molecule has 0 atom stereocenters. The van der Waals surface area contributed by atoms with Crippen molar-refractivity contribution >= 4 is 28.3 Å². The van der Waals surface area contributed by atoms with E-state index in [-0.39, 0.29) is 11.6 Å². The Balaban J connectivity index is 2.61. The van der Waals surface area contributed by atoms with Gasteiger partial charge in [-0.1, -0.05) is 0 Å². The Labute approximate surface area is 116 Å². The number of aromatic carboxylic acids is 1. The maximum atomic E-state index is 12.0. The third kappa shape index (κ3) is 4.53. The first kappa shape index (κ1) is 15.5. The third-order valence-corrected chi connectivity index (χ3v) is 3.32. The Morgan fingerprint density at radius 1 is 1.47 bits per heavy atom. The highest BCUT2D eigenvalue weighted by Gasteiger charge is 2.17. The third-order valence-electron chi connectivity index (χ3n) is 2.49. The Morgan fingerprint density at radius 2 is 2.21 bits per heavy atom. The lowest BCUT2D eigenvalue weighted by atomic mass is 10.3. The molecule has 0 spiro atoms. The van der Waals surface area contributed by atoms with E-state index in [0.29, 0.717) is 31.3 Å². The summed E-state index contributed by atoms with van der Waals surface area (Å²) in [6.45, 7) is 5.83. The van der Waals surface area contributed by atoms with Crippen LogP contribution in [0.15, 0.2) is 11.4 Å². The SMILES string of the molecule is CCOCCN(CC)C(=O)Nc1sccc1C(=O)O. The van der Waals surface area contributed by atoms with Gasteiger partial charge in [0.2, 0.25) is 0 Å². The summed E-state index contributed by atoms with van der Waals surface area (Å²) in [6.07, 6.45) is 0. The number of thiophene rings is 1. The second-order valence-corrected chi connectivity index (χ2v) is 4.59. The van der Waals surface area contributed by atoms with Gasteiger partial charge in [-0.25, -0.2) is 9.59 Å². The second kappa shape index (κ2) is 7.75. The van der Waals surface area contributed by atoms with E-state index in [1.54, 1.807) is 10.3 Å². The number of anilines is 1. The van der Waals surface area contributed by atoms with Crippen molar-refractivity contribution in [2.75, 3.05) is 31.6 Å². The van der Waals surface area contributed by atoms with Crippen LogP contribution in [0.3, 0.4) is 0 Å². The van der Waals surface area contributed by atoms with Crippen molar-refractivity contribution < 1.29 is 19.4 Å². The Bertz CT molecular complexity index is 433. The number of ether oxygens (including phenoxy) is 1. The maximum absolute atomic E-state index is 12.0. The van der Waals surface area contributed by atoms with Gasteiger partial charge in [0, 0.05) is 19.7 Å². The second-order valence-electron chi connectivity index (χ2n) is 3.68. The summed E-state index contributed by atoms with van der Waals surface area (Å²) in [4.78, 5) is 24.5. The van der Waals surface area contributed by atoms with Crippen LogP contribution in [0.4, 0.5) is 9.80 Å². The number of carboxylic acid groups (broad SMARTS) is 1. The van der Waals surface area contributed by atoms with Gasteiger partial charge < -0.3 is 14.7 Å². The molecule has 1 aromatic rings. The average molecular weight is 286 g/mol. The molecular weight excluding hydrogens is 268 g/mol. The Morgan fingerprint density at radius 3 is 2.79 bits per heavy atom. The van der Waals surface area contributed by atoms with Gasteiger partial charge in [0.05, 0.1) is 12.2 Å². The van der Waals surface area contributed by atoms with E-state index >= 15 is 0 Å². The van der Waals surface area contributed by atoms with Gasteiger partial charge in [-0.15, -0.1) is 11.3 Å². The molecule has 106 valence electrons. The molecule has 0 aliphatic rings. The molecule has 1 rings (SSSR count). The molecule has 0 aliphatic heterocycles. The molecule has 7 heteroatoms. The number of hydrogen-bond acceptors (Lipinski definition) is 4. The van der Waals surface area contributed by atoms with Crippen LogP contribution < -0.4 is 5.32 Å². The number of rotatable bonds is 7. The summed E-state index contributed by atoms with van der Waals surface area (Å²) >= 11 is 1.19. The van der Waals surface area contributed by atoms with Gasteiger partial charge in [0.15, 0.2) is 0 Å². The van der Waals surface area contributed by atoms with Gasteiger partial charge in [-0.3, -0.25) is 5.32 Å². The average Bonchev–Trinajstić information content (AvgIpc) is 2.82. The topological polar surface area (TPSA) is 78.9 Å². The fourth-order valence-corrected chi connectivity index (χ4v) is 2.24. The van der Waals surface area contributed by atoms with Crippen LogP contribution in [0.2, 0.25) is 0 Å². The number of carbonyl (C=O) groups excluding carboxylic acids is 1. The fraction of sp³-hybridized carbons (Fsp3) is 0.500. The fourth-order valence-electron chi connectivity index (χ4n) is 1.47. The minimum Gasteiger partial charge on any atom is -0.478 e. The summed E-state index contributed by atoms with van der Waals surface area (Å²) in [7, 11) is 0. The van der Waals surface area contributed by atoms with E-state index in [0.717, 1.165) is 0 Å². The molecular formula is C12H18N2O4S. The summed E-state index contributed by atoms with van der Waals surface area (Å²) in [6, 6.07) is 1.16. The van der Waals surface area contributed by atoms with Crippen LogP contribution in [0.25, 0.3) is 0 Å². The molecule has 0 aliphatic carbocycles. The largest absolute Gasteiger partial charge is 0.478 e. The van der Waals surface area contributed by atoms with Crippen LogP contribution in [-0.2, 0) is 4.74 Å². The molecule has 1 aromatic heterocycles. The summed E-state index contributed by atoms with van der Waals surface area (Å²) in [5.74, 6) is -1.05. The Hall–Kier alpha value is -1.60. The lowest BCUT2D eigenvalue weighted by molar-refractivity contribution is 0.0698.